The van der Waals surface area contributed by atoms with Gasteiger partial charge in [0.25, 0.3) is 5.56 Å². The van der Waals surface area contributed by atoms with Gasteiger partial charge in [-0.3, -0.25) is 14.6 Å². The third kappa shape index (κ3) is 3.63. The second-order valence-electron chi connectivity index (χ2n) is 8.29. The smallest absolute Gasteiger partial charge is 0.267 e. The predicted octanol–water partition coefficient (Wildman–Crippen LogP) is 0.478. The zero-order valence-electron chi connectivity index (χ0n) is 16.5. The molecule has 5 rings (SSSR count). The number of hydrogen-bond acceptors (Lipinski definition) is 6. The normalized spacial score (nSPS) is 20.3. The van der Waals surface area contributed by atoms with Crippen molar-refractivity contribution in [3.63, 3.8) is 0 Å². The number of aryl methyl sites for hydroxylation is 3. The number of piperazine rings is 1. The lowest BCUT2D eigenvalue weighted by molar-refractivity contribution is 0.119. The van der Waals surface area contributed by atoms with Gasteiger partial charge in [-0.1, -0.05) is 0 Å². The van der Waals surface area contributed by atoms with Gasteiger partial charge in [0.1, 0.15) is 11.6 Å². The maximum absolute atomic E-state index is 12.3. The lowest BCUT2D eigenvalue weighted by Gasteiger charge is -2.34. The van der Waals surface area contributed by atoms with E-state index < -0.39 is 0 Å². The average Bonchev–Trinajstić information content (AvgIpc) is 3.33. The molecule has 0 aromatic carbocycles. The van der Waals surface area contributed by atoms with E-state index in [9.17, 15) is 4.79 Å². The van der Waals surface area contributed by atoms with Crippen LogP contribution in [0.5, 0.6) is 0 Å². The second-order valence-corrected chi connectivity index (χ2v) is 8.29. The van der Waals surface area contributed by atoms with Gasteiger partial charge in [0, 0.05) is 51.8 Å². The molecule has 2 aromatic rings. The van der Waals surface area contributed by atoms with Crippen LogP contribution >= 0.6 is 0 Å². The summed E-state index contributed by atoms with van der Waals surface area (Å²) < 4.78 is 3.97. The van der Waals surface area contributed by atoms with Crippen LogP contribution in [0.25, 0.3) is 0 Å². The topological polar surface area (TPSA) is 72.1 Å². The van der Waals surface area contributed by atoms with Crippen molar-refractivity contribution < 1.29 is 0 Å². The molecule has 0 saturated carbocycles. The predicted molar refractivity (Wildman–Crippen MR) is 105 cm³/mol. The minimum atomic E-state index is 0.0555. The third-order valence-corrected chi connectivity index (χ3v) is 6.42. The van der Waals surface area contributed by atoms with Crippen LogP contribution in [0.1, 0.15) is 42.2 Å². The average molecular weight is 384 g/mol. The summed E-state index contributed by atoms with van der Waals surface area (Å²) in [5, 5.41) is 13.3. The summed E-state index contributed by atoms with van der Waals surface area (Å²) in [6, 6.07) is 1.82. The van der Waals surface area contributed by atoms with Crippen molar-refractivity contribution >= 4 is 0 Å². The van der Waals surface area contributed by atoms with E-state index in [2.05, 4.69) is 29.7 Å². The molecule has 1 saturated heterocycles. The van der Waals surface area contributed by atoms with Crippen molar-refractivity contribution in [3.8, 4) is 0 Å². The van der Waals surface area contributed by atoms with Crippen molar-refractivity contribution in [2.24, 2.45) is 0 Å². The summed E-state index contributed by atoms with van der Waals surface area (Å²) >= 11 is 0. The van der Waals surface area contributed by atoms with E-state index in [1.807, 2.05) is 6.07 Å². The summed E-state index contributed by atoms with van der Waals surface area (Å²) in [5.41, 5.74) is 2.36. The molecule has 4 heterocycles. The second kappa shape index (κ2) is 7.75. The third-order valence-electron chi connectivity index (χ3n) is 6.42. The molecular formula is C20H29N7O. The van der Waals surface area contributed by atoms with Gasteiger partial charge in [-0.2, -0.15) is 5.10 Å². The molecule has 0 atom stereocenters. The van der Waals surface area contributed by atoms with E-state index >= 15 is 0 Å². The van der Waals surface area contributed by atoms with Crippen molar-refractivity contribution in [3.05, 3.63) is 39.3 Å². The van der Waals surface area contributed by atoms with Gasteiger partial charge in [-0.15, -0.1) is 10.2 Å². The molecule has 8 nitrogen and oxygen atoms in total. The molecule has 2 aromatic heterocycles. The zero-order chi connectivity index (χ0) is 18.9. The minimum absolute atomic E-state index is 0.0555. The Morgan fingerprint density at radius 3 is 2.57 bits per heavy atom. The fraction of sp³-hybridized carbons (Fsp3) is 0.700. The van der Waals surface area contributed by atoms with Crippen molar-refractivity contribution in [1.29, 1.82) is 0 Å². The maximum atomic E-state index is 12.3. The van der Waals surface area contributed by atoms with Crippen molar-refractivity contribution in [2.75, 3.05) is 32.7 Å². The zero-order valence-corrected chi connectivity index (χ0v) is 16.5. The highest BCUT2D eigenvalue weighted by Gasteiger charge is 2.22. The molecule has 0 amide bonds. The first kappa shape index (κ1) is 18.0. The monoisotopic (exact) mass is 383 g/mol. The Balaban J connectivity index is 1.13. The summed E-state index contributed by atoms with van der Waals surface area (Å²) in [5.74, 6) is 2.27. The molecule has 2 aliphatic heterocycles. The molecule has 3 aliphatic rings. The molecular weight excluding hydrogens is 354 g/mol. The van der Waals surface area contributed by atoms with E-state index in [1.54, 1.807) is 4.68 Å². The van der Waals surface area contributed by atoms with Gasteiger partial charge in [0.05, 0.1) is 18.8 Å². The van der Waals surface area contributed by atoms with Crippen molar-refractivity contribution in [2.45, 2.75) is 58.2 Å². The molecule has 0 N–H and O–H groups in total. The SMILES string of the molecule is O=c1cc2c(nn1CCN1CCN(Cc3nnc4n3CCC4)CC1)CCCC2. The lowest BCUT2D eigenvalue weighted by atomic mass is 9.97. The Morgan fingerprint density at radius 2 is 1.68 bits per heavy atom. The fourth-order valence-electron chi connectivity index (χ4n) is 4.70. The van der Waals surface area contributed by atoms with Crippen LogP contribution < -0.4 is 5.56 Å². The first-order chi connectivity index (χ1) is 13.8. The van der Waals surface area contributed by atoms with E-state index in [0.29, 0.717) is 6.54 Å². The largest absolute Gasteiger partial charge is 0.314 e. The van der Waals surface area contributed by atoms with Crippen LogP contribution in [0, 0.1) is 0 Å². The van der Waals surface area contributed by atoms with E-state index in [0.717, 1.165) is 82.4 Å². The number of aromatic nitrogens is 5. The molecule has 0 radical (unpaired) electrons. The fourth-order valence-corrected chi connectivity index (χ4v) is 4.70. The van der Waals surface area contributed by atoms with Gasteiger partial charge in [0.2, 0.25) is 0 Å². The van der Waals surface area contributed by atoms with Gasteiger partial charge >= 0.3 is 0 Å². The van der Waals surface area contributed by atoms with Crippen LogP contribution in [0.3, 0.4) is 0 Å². The highest BCUT2D eigenvalue weighted by atomic mass is 16.1. The van der Waals surface area contributed by atoms with Crippen LogP contribution in [0.2, 0.25) is 0 Å². The molecule has 1 fully saturated rings. The molecule has 150 valence electrons. The lowest BCUT2D eigenvalue weighted by Crippen LogP contribution is -2.47. The number of rotatable bonds is 5. The van der Waals surface area contributed by atoms with Gasteiger partial charge in [-0.25, -0.2) is 4.68 Å². The Hall–Kier alpha value is -2.06. The number of hydrogen-bond donors (Lipinski definition) is 0. The summed E-state index contributed by atoms with van der Waals surface area (Å²) in [6.45, 7) is 7.67. The van der Waals surface area contributed by atoms with Crippen molar-refractivity contribution in [1.82, 2.24) is 34.3 Å². The molecule has 8 heteroatoms. The van der Waals surface area contributed by atoms with E-state index in [4.69, 9.17) is 0 Å². The quantitative estimate of drug-likeness (QED) is 0.748. The molecule has 0 bridgehead atoms. The van der Waals surface area contributed by atoms with E-state index in [1.165, 1.54) is 24.8 Å². The standard InChI is InChI=1S/C20H29N7O/c28-20-14-16-4-1-2-5-17(16)23-27(20)13-12-24-8-10-25(11-9-24)15-19-22-21-18-6-3-7-26(18)19/h14H,1-13,15H2. The van der Waals surface area contributed by atoms with Gasteiger partial charge in [0.15, 0.2) is 0 Å². The summed E-state index contributed by atoms with van der Waals surface area (Å²) in [6.07, 6.45) is 6.66. The Labute approximate surface area is 165 Å². The van der Waals surface area contributed by atoms with Crippen LogP contribution in [-0.2, 0) is 38.9 Å². The minimum Gasteiger partial charge on any atom is -0.314 e. The highest BCUT2D eigenvalue weighted by molar-refractivity contribution is 5.20. The molecule has 1 aliphatic carbocycles. The van der Waals surface area contributed by atoms with Gasteiger partial charge < -0.3 is 4.57 Å². The Bertz CT molecular complexity index is 894. The summed E-state index contributed by atoms with van der Waals surface area (Å²) in [4.78, 5) is 17.3. The van der Waals surface area contributed by atoms with E-state index in [-0.39, 0.29) is 5.56 Å². The molecule has 0 spiro atoms. The van der Waals surface area contributed by atoms with Crippen LogP contribution in [0.4, 0.5) is 0 Å². The Kier molecular flexibility index (Phi) is 4.98. The summed E-state index contributed by atoms with van der Waals surface area (Å²) in [7, 11) is 0. The molecule has 0 unspecified atom stereocenters. The maximum Gasteiger partial charge on any atom is 0.267 e. The number of nitrogens with zero attached hydrogens (tertiary/aromatic N) is 7. The van der Waals surface area contributed by atoms with Crippen LogP contribution in [-0.4, -0.2) is 67.1 Å². The Morgan fingerprint density at radius 1 is 0.857 bits per heavy atom. The highest BCUT2D eigenvalue weighted by Crippen LogP contribution is 2.17. The first-order valence-electron chi connectivity index (χ1n) is 10.7. The molecule has 28 heavy (non-hydrogen) atoms. The first-order valence-corrected chi connectivity index (χ1v) is 10.7. The number of fused-ring (bicyclic) bond motifs is 2. The van der Waals surface area contributed by atoms with Gasteiger partial charge in [-0.05, 0) is 37.7 Å². The van der Waals surface area contributed by atoms with Crippen LogP contribution in [0.15, 0.2) is 10.9 Å².